The summed E-state index contributed by atoms with van der Waals surface area (Å²) in [6.45, 7) is 2.90. The van der Waals surface area contributed by atoms with E-state index in [9.17, 15) is 4.79 Å². The van der Waals surface area contributed by atoms with Gasteiger partial charge in [-0.15, -0.1) is 0 Å². The molecule has 1 atom stereocenters. The molecule has 168 valence electrons. The number of likely N-dealkylation sites (tertiary alicyclic amines) is 1. The van der Waals surface area contributed by atoms with Gasteiger partial charge in [0.25, 0.3) is 5.91 Å². The molecule has 1 amide bonds. The van der Waals surface area contributed by atoms with E-state index in [1.165, 1.54) is 24.8 Å². The van der Waals surface area contributed by atoms with E-state index in [2.05, 4.69) is 29.2 Å². The largest absolute Gasteiger partial charge is 0.497 e. The first-order valence-electron chi connectivity index (χ1n) is 11.6. The molecule has 0 radical (unpaired) electrons. The molecule has 0 bridgehead atoms. The van der Waals surface area contributed by atoms with Crippen LogP contribution in [0.5, 0.6) is 5.75 Å². The molecule has 4 rings (SSSR count). The van der Waals surface area contributed by atoms with Crippen molar-refractivity contribution in [1.82, 2.24) is 15.0 Å². The molecule has 3 aromatic rings. The number of ether oxygens (including phenoxy) is 1. The summed E-state index contributed by atoms with van der Waals surface area (Å²) in [5.41, 5.74) is 2.82. The van der Waals surface area contributed by atoms with Crippen LogP contribution in [-0.4, -0.2) is 34.6 Å². The number of piperidine rings is 1. The Balaban J connectivity index is 1.50. The second kappa shape index (κ2) is 10.4. The van der Waals surface area contributed by atoms with Crippen LogP contribution in [-0.2, 0) is 6.42 Å². The molecule has 2 heterocycles. The second-order valence-electron chi connectivity index (χ2n) is 8.35. The second-order valence-corrected chi connectivity index (χ2v) is 8.35. The molecule has 1 aliphatic rings. The summed E-state index contributed by atoms with van der Waals surface area (Å²) in [6, 6.07) is 15.4. The van der Waals surface area contributed by atoms with Crippen LogP contribution in [0.15, 0.2) is 53.1 Å². The van der Waals surface area contributed by atoms with Gasteiger partial charge in [0.2, 0.25) is 11.7 Å². The number of hydrogen-bond donors (Lipinski definition) is 0. The van der Waals surface area contributed by atoms with Crippen molar-refractivity contribution in [3.63, 3.8) is 0 Å². The fraction of sp³-hybridized carbons (Fsp3) is 0.423. The summed E-state index contributed by atoms with van der Waals surface area (Å²) < 4.78 is 10.9. The molecule has 0 spiro atoms. The fourth-order valence-corrected chi connectivity index (χ4v) is 4.24. The molecule has 2 aromatic carbocycles. The highest BCUT2D eigenvalue weighted by atomic mass is 16.5. The van der Waals surface area contributed by atoms with Crippen LogP contribution in [0, 0.1) is 0 Å². The maximum Gasteiger partial charge on any atom is 0.254 e. The molecule has 6 nitrogen and oxygen atoms in total. The van der Waals surface area contributed by atoms with Crippen molar-refractivity contribution in [2.45, 2.75) is 57.9 Å². The predicted molar refractivity (Wildman–Crippen MR) is 124 cm³/mol. The van der Waals surface area contributed by atoms with Gasteiger partial charge in [-0.3, -0.25) is 4.79 Å². The first-order valence-corrected chi connectivity index (χ1v) is 11.6. The average molecular weight is 434 g/mol. The Morgan fingerprint density at radius 1 is 1.16 bits per heavy atom. The van der Waals surface area contributed by atoms with Crippen LogP contribution < -0.4 is 4.74 Å². The van der Waals surface area contributed by atoms with E-state index in [1.807, 2.05) is 41.3 Å². The Morgan fingerprint density at radius 3 is 2.78 bits per heavy atom. The number of unbranched alkanes of at least 4 members (excludes halogenated alkanes) is 2. The molecule has 32 heavy (non-hydrogen) atoms. The lowest BCUT2D eigenvalue weighted by Gasteiger charge is -2.33. The highest BCUT2D eigenvalue weighted by Crippen LogP contribution is 2.33. The van der Waals surface area contributed by atoms with Gasteiger partial charge in [0.15, 0.2) is 0 Å². The maximum atomic E-state index is 13.3. The van der Waals surface area contributed by atoms with Gasteiger partial charge in [-0.1, -0.05) is 49.2 Å². The number of carbonyl (C=O) groups is 1. The van der Waals surface area contributed by atoms with Gasteiger partial charge >= 0.3 is 0 Å². The minimum atomic E-state index is -0.202. The third-order valence-electron chi connectivity index (χ3n) is 6.09. The van der Waals surface area contributed by atoms with Gasteiger partial charge in [0.1, 0.15) is 11.8 Å². The number of benzene rings is 2. The Labute approximate surface area is 189 Å². The molecular formula is C26H31N3O3. The van der Waals surface area contributed by atoms with Crippen molar-refractivity contribution >= 4 is 5.91 Å². The first-order chi connectivity index (χ1) is 15.7. The zero-order valence-corrected chi connectivity index (χ0v) is 18.9. The van der Waals surface area contributed by atoms with Gasteiger partial charge in [-0.2, -0.15) is 4.98 Å². The van der Waals surface area contributed by atoms with Gasteiger partial charge in [0, 0.05) is 17.7 Å². The number of hydrogen-bond acceptors (Lipinski definition) is 5. The molecule has 0 N–H and O–H groups in total. The summed E-state index contributed by atoms with van der Waals surface area (Å²) in [7, 11) is 1.63. The van der Waals surface area contributed by atoms with E-state index in [4.69, 9.17) is 9.26 Å². The van der Waals surface area contributed by atoms with Crippen molar-refractivity contribution in [2.24, 2.45) is 0 Å². The fourth-order valence-electron chi connectivity index (χ4n) is 4.24. The number of methoxy groups -OCH3 is 1. The first kappa shape index (κ1) is 22.1. The summed E-state index contributed by atoms with van der Waals surface area (Å²) >= 11 is 0. The molecule has 1 aliphatic heterocycles. The standard InChI is InChI=1S/C26H31N3O3/c1-3-4-5-9-19-13-15-20(16-14-19)26(30)29-17-7-6-12-23(29)25-27-24(28-32-25)21-10-8-11-22(18-21)31-2/h8,10-11,13-16,18,23H,3-7,9,12,17H2,1-2H3. The number of amides is 1. The van der Waals surface area contributed by atoms with Gasteiger partial charge in [-0.05, 0) is 61.9 Å². The summed E-state index contributed by atoms with van der Waals surface area (Å²) in [6.07, 6.45) is 7.52. The quantitative estimate of drug-likeness (QED) is 0.417. The lowest BCUT2D eigenvalue weighted by Crippen LogP contribution is -2.38. The lowest BCUT2D eigenvalue weighted by atomic mass is 9.99. The Bertz CT molecular complexity index is 1030. The Kier molecular flexibility index (Phi) is 7.20. The van der Waals surface area contributed by atoms with Crippen LogP contribution in [0.3, 0.4) is 0 Å². The van der Waals surface area contributed by atoms with Crippen molar-refractivity contribution in [3.05, 3.63) is 65.5 Å². The molecule has 6 heteroatoms. The van der Waals surface area contributed by atoms with Crippen molar-refractivity contribution in [3.8, 4) is 17.1 Å². The SMILES string of the molecule is CCCCCc1ccc(C(=O)N2CCCCC2c2nc(-c3cccc(OC)c3)no2)cc1. The third kappa shape index (κ3) is 5.01. The monoisotopic (exact) mass is 433 g/mol. The van der Waals surface area contributed by atoms with Crippen molar-refractivity contribution in [1.29, 1.82) is 0 Å². The van der Waals surface area contributed by atoms with Crippen LogP contribution in [0.4, 0.5) is 0 Å². The zero-order chi connectivity index (χ0) is 22.3. The van der Waals surface area contributed by atoms with Crippen molar-refractivity contribution in [2.75, 3.05) is 13.7 Å². The number of aryl methyl sites for hydroxylation is 1. The van der Waals surface area contributed by atoms with Crippen LogP contribution in [0.25, 0.3) is 11.4 Å². The molecular weight excluding hydrogens is 402 g/mol. The van der Waals surface area contributed by atoms with E-state index < -0.39 is 0 Å². The molecule has 1 aromatic heterocycles. The molecule has 0 saturated carbocycles. The topological polar surface area (TPSA) is 68.5 Å². The molecule has 0 aliphatic carbocycles. The smallest absolute Gasteiger partial charge is 0.254 e. The molecule has 1 saturated heterocycles. The Morgan fingerprint density at radius 2 is 2.00 bits per heavy atom. The summed E-state index contributed by atoms with van der Waals surface area (Å²) in [5.74, 6) is 1.76. The predicted octanol–water partition coefficient (Wildman–Crippen LogP) is 5.85. The summed E-state index contributed by atoms with van der Waals surface area (Å²) in [5, 5.41) is 4.17. The van der Waals surface area contributed by atoms with Gasteiger partial charge in [0.05, 0.1) is 7.11 Å². The minimum Gasteiger partial charge on any atom is -0.497 e. The number of rotatable bonds is 8. The maximum absolute atomic E-state index is 13.3. The van der Waals surface area contributed by atoms with E-state index in [0.29, 0.717) is 23.8 Å². The highest BCUT2D eigenvalue weighted by Gasteiger charge is 2.32. The van der Waals surface area contributed by atoms with E-state index in [1.54, 1.807) is 7.11 Å². The average Bonchev–Trinajstić information content (AvgIpc) is 3.34. The third-order valence-corrected chi connectivity index (χ3v) is 6.09. The van der Waals surface area contributed by atoms with Crippen LogP contribution in [0.1, 0.15) is 73.3 Å². The van der Waals surface area contributed by atoms with Gasteiger partial charge < -0.3 is 14.2 Å². The van der Waals surface area contributed by atoms with E-state index >= 15 is 0 Å². The summed E-state index contributed by atoms with van der Waals surface area (Å²) in [4.78, 5) is 19.9. The molecule has 1 unspecified atom stereocenters. The molecule has 1 fully saturated rings. The highest BCUT2D eigenvalue weighted by molar-refractivity contribution is 5.94. The van der Waals surface area contributed by atoms with Crippen LogP contribution in [0.2, 0.25) is 0 Å². The number of nitrogens with zero attached hydrogens (tertiary/aromatic N) is 3. The van der Waals surface area contributed by atoms with Gasteiger partial charge in [-0.25, -0.2) is 0 Å². The minimum absolute atomic E-state index is 0.0240. The number of aromatic nitrogens is 2. The van der Waals surface area contributed by atoms with Crippen LogP contribution >= 0.6 is 0 Å². The number of carbonyl (C=O) groups excluding carboxylic acids is 1. The van der Waals surface area contributed by atoms with Crippen molar-refractivity contribution < 1.29 is 14.1 Å². The Hall–Kier alpha value is -3.15. The lowest BCUT2D eigenvalue weighted by molar-refractivity contribution is 0.0561. The van der Waals surface area contributed by atoms with E-state index in [0.717, 1.165) is 37.0 Å². The normalized spacial score (nSPS) is 16.2. The van der Waals surface area contributed by atoms with E-state index in [-0.39, 0.29) is 11.9 Å². The zero-order valence-electron chi connectivity index (χ0n) is 18.9.